The second-order valence-electron chi connectivity index (χ2n) is 34.4. The molecule has 28 rings (SSSR count). The fourth-order valence-corrected chi connectivity index (χ4v) is 22.2. The first kappa shape index (κ1) is 71.7. The zero-order chi connectivity index (χ0) is 83.4. The first-order valence-corrected chi connectivity index (χ1v) is 43.7. The van der Waals surface area contributed by atoms with Crippen LogP contribution >= 0.6 is 11.3 Å². The van der Waals surface area contributed by atoms with E-state index in [2.05, 4.69) is 369 Å². The summed E-state index contributed by atoms with van der Waals surface area (Å²) in [5, 5.41) is 11.8. The summed E-state index contributed by atoms with van der Waals surface area (Å²) in [6.07, 6.45) is 5.31. The van der Waals surface area contributed by atoms with E-state index in [1.165, 1.54) is 109 Å². The van der Waals surface area contributed by atoms with Gasteiger partial charge in [0.15, 0.2) is 5.82 Å². The SMILES string of the molecule is CC1(C)c2cc(N3c4ccccc4-c4cc(-c5ccccc5)cc5ncnc3c45)ccc2-c2c1ccc1c2oc2ccccc21.CC1(C)c2cc(N3c4ccccc4-c4nc(-c5ccccc5)nc5cccc3c45)ccc2-c2c1ccc1c2oc2ccccc21.c1ccc(-c2cc3c4c(cccc4c2)N(c2cccc4c2sc2ccccc24)c2ncncc2-3)cc1. The van der Waals surface area contributed by atoms with Gasteiger partial charge in [0.25, 0.3) is 0 Å². The van der Waals surface area contributed by atoms with Crippen molar-refractivity contribution in [2.75, 3.05) is 14.7 Å². The van der Waals surface area contributed by atoms with Crippen molar-refractivity contribution in [3.05, 3.63) is 393 Å². The molecule has 17 aromatic carbocycles. The number of thiophene rings is 1. The van der Waals surface area contributed by atoms with Crippen LogP contribution in [-0.4, -0.2) is 29.9 Å². The molecule has 0 N–H and O–H groups in total. The fraction of sp³-hybridized carbons (Fsp3) is 0.0526. The van der Waals surface area contributed by atoms with Gasteiger partial charge in [-0.15, -0.1) is 11.3 Å². The van der Waals surface area contributed by atoms with Crippen LogP contribution in [0.2, 0.25) is 0 Å². The molecule has 0 saturated heterocycles. The summed E-state index contributed by atoms with van der Waals surface area (Å²) in [5.74, 6) is 2.56. The smallest absolute Gasteiger partial charge is 0.160 e. The lowest BCUT2D eigenvalue weighted by Crippen LogP contribution is -2.19. The Kier molecular flexibility index (Phi) is 15.5. The molecule has 592 valence electrons. The first-order chi connectivity index (χ1) is 62.0. The minimum atomic E-state index is -0.202. The summed E-state index contributed by atoms with van der Waals surface area (Å²) in [6, 6.07) is 125. The van der Waals surface area contributed by atoms with Crippen LogP contribution in [0.25, 0.3) is 186 Å². The number of aromatic nitrogens is 6. The molecule has 12 heteroatoms. The molecule has 0 bridgehead atoms. The van der Waals surface area contributed by atoms with E-state index in [4.69, 9.17) is 33.8 Å². The summed E-state index contributed by atoms with van der Waals surface area (Å²) in [7, 11) is 0. The third kappa shape index (κ3) is 10.6. The average molecular weight is 1630 g/mol. The lowest BCUT2D eigenvalue weighted by Gasteiger charge is -2.33. The Bertz CT molecular complexity index is 8230. The summed E-state index contributed by atoms with van der Waals surface area (Å²) in [6.45, 7) is 9.30. The highest BCUT2D eigenvalue weighted by Crippen LogP contribution is 2.61. The summed E-state index contributed by atoms with van der Waals surface area (Å²) in [4.78, 5) is 36.3. The molecule has 9 heterocycles. The molecule has 0 spiro atoms. The Morgan fingerprint density at radius 2 is 0.825 bits per heavy atom. The molecular formula is C114H73N9O2S. The van der Waals surface area contributed by atoms with Crippen molar-refractivity contribution in [2.45, 2.75) is 38.5 Å². The van der Waals surface area contributed by atoms with Crippen LogP contribution in [0.4, 0.5) is 51.4 Å². The van der Waals surface area contributed by atoms with E-state index in [0.717, 1.165) is 151 Å². The van der Waals surface area contributed by atoms with Gasteiger partial charge in [-0.05, 0) is 175 Å². The lowest BCUT2D eigenvalue weighted by molar-refractivity contribution is 0.653. The van der Waals surface area contributed by atoms with E-state index >= 15 is 0 Å². The standard InChI is InChI=1S/2C41H27N3O.C32H19N3S/c1-41(2)30-22-21-27-26-13-7-9-18-35(26)45-39(27)36(30)28-20-19-25(23-31(28)41)44-33-16-8-6-14-29(33)38-37-32(15-10-17-34(37)44)42-40(43-38)24-11-4-3-5-12-24;1-41(2)32-19-18-29-28-13-7-9-15-36(28)45-39(29)37(32)30-17-16-26(22-33(30)41)44-35-14-8-6-12-27(35)31-20-25(24-10-4-3-5-11-24)21-34-38(31)40(44)43-23-42-34;1-2-8-20(9-3-1)22-16-21-10-6-13-27-30(21)25(17-22)26-18-33-19-34-32(26)35(27)28-14-7-12-24-23-11-4-5-15-29(23)36-31(24)28/h2*3-23H,1-2H3;1-19H. The van der Waals surface area contributed by atoms with Gasteiger partial charge in [0, 0.05) is 104 Å². The summed E-state index contributed by atoms with van der Waals surface area (Å²) >= 11 is 1.84. The van der Waals surface area contributed by atoms with Gasteiger partial charge in [-0.1, -0.05) is 276 Å². The molecule has 2 aliphatic carbocycles. The van der Waals surface area contributed by atoms with E-state index in [0.29, 0.717) is 0 Å². The molecule has 11 nitrogen and oxygen atoms in total. The van der Waals surface area contributed by atoms with Crippen LogP contribution in [0.15, 0.2) is 380 Å². The molecule has 5 aliphatic rings. The number of hydrogen-bond acceptors (Lipinski definition) is 12. The number of nitrogens with zero attached hydrogens (tertiary/aromatic N) is 9. The third-order valence-electron chi connectivity index (χ3n) is 26.8. The Balaban J connectivity index is 0.000000101. The van der Waals surface area contributed by atoms with E-state index in [9.17, 15) is 0 Å². The summed E-state index contributed by atoms with van der Waals surface area (Å²) < 4.78 is 15.6. The minimum absolute atomic E-state index is 0.194. The predicted octanol–water partition coefficient (Wildman–Crippen LogP) is 31.0. The van der Waals surface area contributed by atoms with Crippen LogP contribution in [0.5, 0.6) is 0 Å². The third-order valence-corrected chi connectivity index (χ3v) is 28.0. The van der Waals surface area contributed by atoms with Gasteiger partial charge >= 0.3 is 0 Å². The molecular weight excluding hydrogens is 1560 g/mol. The van der Waals surface area contributed by atoms with Crippen LogP contribution in [0, 0.1) is 0 Å². The van der Waals surface area contributed by atoms with Gasteiger partial charge in [0.2, 0.25) is 0 Å². The molecule has 0 atom stereocenters. The average Bonchev–Trinajstić information content (AvgIpc) is 1.68. The van der Waals surface area contributed by atoms with Crippen molar-refractivity contribution in [1.29, 1.82) is 0 Å². The Hall–Kier alpha value is -16.0. The zero-order valence-electron chi connectivity index (χ0n) is 69.0. The van der Waals surface area contributed by atoms with Crippen LogP contribution in [-0.2, 0) is 10.8 Å². The number of rotatable bonds is 6. The van der Waals surface area contributed by atoms with Gasteiger partial charge in [0.05, 0.1) is 60.6 Å². The highest BCUT2D eigenvalue weighted by Gasteiger charge is 2.42. The van der Waals surface area contributed by atoms with Gasteiger partial charge in [-0.2, -0.15) is 0 Å². The predicted molar refractivity (Wildman–Crippen MR) is 519 cm³/mol. The number of hydrogen-bond donors (Lipinski definition) is 0. The fourth-order valence-electron chi connectivity index (χ4n) is 21.0. The first-order valence-electron chi connectivity index (χ1n) is 42.8. The minimum Gasteiger partial charge on any atom is -0.455 e. The maximum Gasteiger partial charge on any atom is 0.160 e. The molecule has 0 unspecified atom stereocenters. The van der Waals surface area contributed by atoms with Crippen LogP contribution in [0.1, 0.15) is 49.9 Å². The Morgan fingerprint density at radius 1 is 0.302 bits per heavy atom. The van der Waals surface area contributed by atoms with Crippen LogP contribution < -0.4 is 14.7 Å². The quantitative estimate of drug-likeness (QED) is 0.159. The number of furan rings is 2. The topological polar surface area (TPSA) is 113 Å². The molecule has 6 aromatic heterocycles. The molecule has 126 heavy (non-hydrogen) atoms. The maximum atomic E-state index is 6.53. The molecule has 3 aliphatic heterocycles. The second kappa shape index (κ2) is 27.2. The molecule has 0 saturated carbocycles. The van der Waals surface area contributed by atoms with Crippen molar-refractivity contribution in [3.8, 4) is 89.4 Å². The van der Waals surface area contributed by atoms with Gasteiger partial charge in [-0.3, -0.25) is 9.80 Å². The molecule has 0 amide bonds. The number of fused-ring (bicyclic) bond motifs is 23. The molecule has 23 aromatic rings. The zero-order valence-corrected chi connectivity index (χ0v) is 69.8. The van der Waals surface area contributed by atoms with E-state index in [1.54, 1.807) is 12.7 Å². The Morgan fingerprint density at radius 3 is 1.50 bits per heavy atom. The monoisotopic (exact) mass is 1630 g/mol. The number of benzene rings is 17. The number of anilines is 9. The van der Waals surface area contributed by atoms with Crippen LogP contribution in [0.3, 0.4) is 0 Å². The highest BCUT2D eigenvalue weighted by molar-refractivity contribution is 7.26. The Labute approximate surface area is 728 Å². The number of para-hydroxylation sites is 4. The lowest BCUT2D eigenvalue weighted by atomic mass is 9.82. The van der Waals surface area contributed by atoms with Crippen molar-refractivity contribution in [1.82, 2.24) is 29.9 Å². The van der Waals surface area contributed by atoms with Gasteiger partial charge in [-0.25, -0.2) is 29.9 Å². The van der Waals surface area contributed by atoms with E-state index < -0.39 is 0 Å². The van der Waals surface area contributed by atoms with Crippen molar-refractivity contribution in [3.63, 3.8) is 0 Å². The summed E-state index contributed by atoms with van der Waals surface area (Å²) in [5.41, 5.74) is 35.6. The maximum absolute atomic E-state index is 6.53. The van der Waals surface area contributed by atoms with Crippen molar-refractivity contribution in [2.24, 2.45) is 0 Å². The molecule has 0 radical (unpaired) electrons. The normalized spacial score (nSPS) is 13.6. The largest absolute Gasteiger partial charge is 0.455 e. The van der Waals surface area contributed by atoms with Gasteiger partial charge in [0.1, 0.15) is 46.6 Å². The van der Waals surface area contributed by atoms with E-state index in [1.807, 2.05) is 47.9 Å². The molecule has 0 fully saturated rings. The van der Waals surface area contributed by atoms with Crippen molar-refractivity contribution < 1.29 is 8.83 Å². The highest BCUT2D eigenvalue weighted by atomic mass is 32.1. The van der Waals surface area contributed by atoms with Gasteiger partial charge < -0.3 is 13.7 Å². The van der Waals surface area contributed by atoms with Crippen molar-refractivity contribution >= 4 is 159 Å². The second-order valence-corrected chi connectivity index (χ2v) is 35.4. The van der Waals surface area contributed by atoms with E-state index in [-0.39, 0.29) is 10.8 Å².